The van der Waals surface area contributed by atoms with Crippen molar-refractivity contribution in [3.05, 3.63) is 59.7 Å². The van der Waals surface area contributed by atoms with Crippen LogP contribution in [0.4, 0.5) is 21.0 Å². The number of benzene rings is 2. The second-order valence-corrected chi connectivity index (χ2v) is 12.0. The number of rotatable bonds is 26. The Labute approximate surface area is 279 Å². The maximum Gasteiger partial charge on any atom is 0.411 e. The molecular weight excluding hydrogens is 600 g/mol. The number of aliphatic carboxylic acids is 2. The Bertz CT molecular complexity index is 1080. The number of carboxylic acid groups (broad SMARTS) is 2. The van der Waals surface area contributed by atoms with Gasteiger partial charge in [-0.15, -0.1) is 0 Å². The molecule has 2 aromatic rings. The van der Waals surface area contributed by atoms with Crippen LogP contribution < -0.4 is 10.6 Å². The summed E-state index contributed by atoms with van der Waals surface area (Å²) in [6.07, 6.45) is 16.1. The van der Waals surface area contributed by atoms with E-state index in [0.29, 0.717) is 31.0 Å². The maximum atomic E-state index is 12.1. The summed E-state index contributed by atoms with van der Waals surface area (Å²) in [5.41, 5.74) is 3.52. The molecular formula is C37H54N2O8. The van der Waals surface area contributed by atoms with Crippen LogP contribution in [-0.2, 0) is 25.5 Å². The minimum atomic E-state index is -0.726. The van der Waals surface area contributed by atoms with Crippen molar-refractivity contribution in [2.75, 3.05) is 23.8 Å². The second-order valence-electron chi connectivity index (χ2n) is 12.0. The fraction of sp³-hybridized carbons (Fsp3) is 0.568. The van der Waals surface area contributed by atoms with Crippen LogP contribution in [0.2, 0.25) is 0 Å². The van der Waals surface area contributed by atoms with Gasteiger partial charge in [-0.05, 0) is 67.5 Å². The largest absolute Gasteiger partial charge is 0.481 e. The summed E-state index contributed by atoms with van der Waals surface area (Å²) in [5.74, 6) is -1.45. The van der Waals surface area contributed by atoms with Crippen LogP contribution in [0, 0.1) is 0 Å². The third-order valence-corrected chi connectivity index (χ3v) is 7.85. The van der Waals surface area contributed by atoms with Crippen molar-refractivity contribution in [3.63, 3.8) is 0 Å². The number of carbonyl (C=O) groups excluding carboxylic acids is 2. The normalized spacial score (nSPS) is 10.7. The minimum Gasteiger partial charge on any atom is -0.481 e. The fourth-order valence-corrected chi connectivity index (χ4v) is 5.16. The Kier molecular flexibility index (Phi) is 20.9. The Morgan fingerprint density at radius 3 is 1.06 bits per heavy atom. The molecule has 0 aliphatic heterocycles. The lowest BCUT2D eigenvalue weighted by molar-refractivity contribution is -0.138. The second kappa shape index (κ2) is 25.1. The van der Waals surface area contributed by atoms with Gasteiger partial charge in [0.15, 0.2) is 0 Å². The molecule has 0 aromatic heterocycles. The van der Waals surface area contributed by atoms with Gasteiger partial charge < -0.3 is 19.7 Å². The van der Waals surface area contributed by atoms with Gasteiger partial charge >= 0.3 is 24.1 Å². The molecule has 0 aliphatic carbocycles. The van der Waals surface area contributed by atoms with Crippen molar-refractivity contribution < 1.29 is 38.9 Å². The first-order valence-corrected chi connectivity index (χ1v) is 17.3. The zero-order valence-corrected chi connectivity index (χ0v) is 27.8. The molecule has 47 heavy (non-hydrogen) atoms. The molecule has 2 amide bonds. The first-order valence-electron chi connectivity index (χ1n) is 17.3. The van der Waals surface area contributed by atoms with E-state index in [1.165, 1.54) is 0 Å². The van der Waals surface area contributed by atoms with Crippen molar-refractivity contribution in [2.45, 2.75) is 122 Å². The van der Waals surface area contributed by atoms with Crippen LogP contribution in [-0.4, -0.2) is 47.6 Å². The van der Waals surface area contributed by atoms with Crippen LogP contribution in [0.3, 0.4) is 0 Å². The molecule has 0 unspecified atom stereocenters. The summed E-state index contributed by atoms with van der Waals surface area (Å²) < 4.78 is 10.6. The molecule has 10 nitrogen and oxygen atoms in total. The molecule has 0 bridgehead atoms. The standard InChI is InChI=1S/C37H54N2O8/c40-34(41)17-13-9-5-1-3-7-11-15-27-46-36(44)38-32-23-19-30(20-24-32)29-31-21-25-33(26-22-31)39-37(45)47-28-16-12-8-4-2-6-10-14-18-35(42)43/h19-26H,1-18,27-29H2,(H,38,44)(H,39,45)(H,40,41)(H,42,43). The van der Waals surface area contributed by atoms with E-state index >= 15 is 0 Å². The zero-order valence-electron chi connectivity index (χ0n) is 27.8. The number of carbonyl (C=O) groups is 4. The lowest BCUT2D eigenvalue weighted by Crippen LogP contribution is -2.14. The molecule has 0 radical (unpaired) electrons. The third-order valence-electron chi connectivity index (χ3n) is 7.85. The van der Waals surface area contributed by atoms with Crippen LogP contribution in [0.15, 0.2) is 48.5 Å². The number of hydrogen-bond acceptors (Lipinski definition) is 6. The van der Waals surface area contributed by atoms with Crippen molar-refractivity contribution in [3.8, 4) is 0 Å². The molecule has 0 fully saturated rings. The molecule has 0 saturated heterocycles. The van der Waals surface area contributed by atoms with Crippen molar-refractivity contribution in [1.29, 1.82) is 0 Å². The van der Waals surface area contributed by atoms with Crippen LogP contribution in [0.25, 0.3) is 0 Å². The van der Waals surface area contributed by atoms with E-state index in [2.05, 4.69) is 10.6 Å². The van der Waals surface area contributed by atoms with Crippen LogP contribution in [0.5, 0.6) is 0 Å². The van der Waals surface area contributed by atoms with Gasteiger partial charge in [-0.3, -0.25) is 20.2 Å². The quantitative estimate of drug-likeness (QED) is 0.0732. The predicted molar refractivity (Wildman–Crippen MR) is 184 cm³/mol. The number of nitrogens with one attached hydrogen (secondary N) is 2. The van der Waals surface area contributed by atoms with Gasteiger partial charge in [0.1, 0.15) is 0 Å². The Hall–Kier alpha value is -4.08. The summed E-state index contributed by atoms with van der Waals surface area (Å²) in [4.78, 5) is 45.2. The van der Waals surface area contributed by atoms with Gasteiger partial charge in [-0.25, -0.2) is 9.59 Å². The summed E-state index contributed by atoms with van der Waals surface area (Å²) in [7, 11) is 0. The average molecular weight is 655 g/mol. The molecule has 0 aliphatic rings. The molecule has 260 valence electrons. The summed E-state index contributed by atoms with van der Waals surface area (Å²) in [5, 5.41) is 22.8. The highest BCUT2D eigenvalue weighted by Crippen LogP contribution is 2.17. The SMILES string of the molecule is O=C(O)CCCCCCCCCCOC(=O)Nc1ccc(Cc2ccc(NC(=O)OCCCCCCCCCCC(=O)O)cc2)cc1. The number of hydrogen-bond donors (Lipinski definition) is 4. The highest BCUT2D eigenvalue weighted by molar-refractivity contribution is 5.85. The lowest BCUT2D eigenvalue weighted by atomic mass is 10.0. The molecule has 4 N–H and O–H groups in total. The minimum absolute atomic E-state index is 0.254. The van der Waals surface area contributed by atoms with E-state index in [0.717, 1.165) is 114 Å². The number of amides is 2. The van der Waals surface area contributed by atoms with Crippen molar-refractivity contribution in [1.82, 2.24) is 0 Å². The molecule has 2 rings (SSSR count). The molecule has 0 spiro atoms. The van der Waals surface area contributed by atoms with E-state index in [4.69, 9.17) is 19.7 Å². The Balaban J connectivity index is 1.51. The molecule has 10 heteroatoms. The number of ether oxygens (including phenoxy) is 2. The van der Waals surface area contributed by atoms with E-state index in [1.54, 1.807) is 0 Å². The highest BCUT2D eigenvalue weighted by atomic mass is 16.6. The smallest absolute Gasteiger partial charge is 0.411 e. The molecule has 0 heterocycles. The topological polar surface area (TPSA) is 151 Å². The number of anilines is 2. The first-order chi connectivity index (χ1) is 22.8. The molecule has 0 saturated carbocycles. The van der Waals surface area contributed by atoms with E-state index in [9.17, 15) is 19.2 Å². The fourth-order valence-electron chi connectivity index (χ4n) is 5.16. The summed E-state index contributed by atoms with van der Waals surface area (Å²) in [6.45, 7) is 0.762. The molecule has 2 aromatic carbocycles. The van der Waals surface area contributed by atoms with Gasteiger partial charge in [-0.1, -0.05) is 101 Å². The van der Waals surface area contributed by atoms with Gasteiger partial charge in [0.2, 0.25) is 0 Å². The van der Waals surface area contributed by atoms with Crippen LogP contribution >= 0.6 is 0 Å². The van der Waals surface area contributed by atoms with Crippen LogP contribution in [0.1, 0.15) is 127 Å². The highest BCUT2D eigenvalue weighted by Gasteiger charge is 2.06. The van der Waals surface area contributed by atoms with Gasteiger partial charge in [0.25, 0.3) is 0 Å². The van der Waals surface area contributed by atoms with E-state index < -0.39 is 24.1 Å². The monoisotopic (exact) mass is 654 g/mol. The lowest BCUT2D eigenvalue weighted by Gasteiger charge is -2.09. The number of unbranched alkanes of at least 4 members (excludes halogenated alkanes) is 14. The van der Waals surface area contributed by atoms with Gasteiger partial charge in [0.05, 0.1) is 13.2 Å². The average Bonchev–Trinajstić information content (AvgIpc) is 3.04. The Morgan fingerprint density at radius 1 is 0.447 bits per heavy atom. The van der Waals surface area contributed by atoms with E-state index in [-0.39, 0.29) is 12.8 Å². The zero-order chi connectivity index (χ0) is 34.0. The van der Waals surface area contributed by atoms with E-state index in [1.807, 2.05) is 48.5 Å². The molecule has 0 atom stereocenters. The predicted octanol–water partition coefficient (Wildman–Crippen LogP) is 9.57. The van der Waals surface area contributed by atoms with Crippen molar-refractivity contribution in [2.24, 2.45) is 0 Å². The third kappa shape index (κ3) is 21.4. The maximum absolute atomic E-state index is 12.1. The first kappa shape index (κ1) is 39.1. The summed E-state index contributed by atoms with van der Waals surface area (Å²) >= 11 is 0. The van der Waals surface area contributed by atoms with Crippen molar-refractivity contribution >= 4 is 35.5 Å². The van der Waals surface area contributed by atoms with Gasteiger partial charge in [0, 0.05) is 24.2 Å². The number of carboxylic acids is 2. The summed E-state index contributed by atoms with van der Waals surface area (Å²) in [6, 6.07) is 15.3. The Morgan fingerprint density at radius 2 is 0.745 bits per heavy atom. The van der Waals surface area contributed by atoms with Gasteiger partial charge in [-0.2, -0.15) is 0 Å².